The minimum Gasteiger partial charge on any atom is -0.504 e. The third kappa shape index (κ3) is 3.45. The lowest BCUT2D eigenvalue weighted by molar-refractivity contribution is -0.146. The Bertz CT molecular complexity index is 535. The van der Waals surface area contributed by atoms with Gasteiger partial charge in [-0.15, -0.1) is 0 Å². The van der Waals surface area contributed by atoms with Crippen molar-refractivity contribution in [1.29, 1.82) is 0 Å². The van der Waals surface area contributed by atoms with Gasteiger partial charge in [-0.2, -0.15) is 0 Å². The number of benzene rings is 1. The first-order chi connectivity index (χ1) is 10.0. The third-order valence-electron chi connectivity index (χ3n) is 3.86. The van der Waals surface area contributed by atoms with E-state index in [1.807, 2.05) is 0 Å². The summed E-state index contributed by atoms with van der Waals surface area (Å²) >= 11 is 0. The molecule has 0 saturated heterocycles. The first kappa shape index (κ1) is 15.2. The van der Waals surface area contributed by atoms with E-state index in [-0.39, 0.29) is 29.2 Å². The van der Waals surface area contributed by atoms with Gasteiger partial charge in [0.05, 0.1) is 18.6 Å². The molecule has 1 fully saturated rings. The number of rotatable bonds is 3. The van der Waals surface area contributed by atoms with E-state index in [4.69, 9.17) is 4.74 Å². The minimum atomic E-state index is -0.426. The van der Waals surface area contributed by atoms with Crippen LogP contribution in [0.25, 0.3) is 0 Å². The number of hydrogen-bond acceptors (Lipinski definition) is 5. The summed E-state index contributed by atoms with van der Waals surface area (Å²) in [6.45, 7) is 0. The van der Waals surface area contributed by atoms with E-state index in [1.54, 1.807) is 0 Å². The zero-order chi connectivity index (χ0) is 15.4. The number of carbonyl (C=O) groups excluding carboxylic acids is 2. The maximum absolute atomic E-state index is 12.1. The molecule has 0 bridgehead atoms. The monoisotopic (exact) mass is 293 g/mol. The molecular weight excluding hydrogens is 274 g/mol. The molecule has 1 aromatic rings. The molecule has 114 valence electrons. The standard InChI is InChI=1S/C15H19NO5/c1-21-15(20)9-5-7-10(8-6-9)16-14(19)11-3-2-4-12(17)13(11)18/h2-4,9-10,17-18H,5-8H2,1H3,(H,16,19). The molecule has 0 aromatic heterocycles. The molecule has 0 atom stereocenters. The van der Waals surface area contributed by atoms with Crippen molar-refractivity contribution in [3.05, 3.63) is 23.8 Å². The Kier molecular flexibility index (Phi) is 4.67. The molecule has 0 aliphatic heterocycles. The average molecular weight is 293 g/mol. The second-order valence-electron chi connectivity index (χ2n) is 5.22. The van der Waals surface area contributed by atoms with Gasteiger partial charge in [-0.05, 0) is 37.8 Å². The van der Waals surface area contributed by atoms with Crippen LogP contribution in [-0.4, -0.2) is 35.2 Å². The number of phenolic OH excluding ortho intramolecular Hbond substituents is 2. The summed E-state index contributed by atoms with van der Waals surface area (Å²) in [5.74, 6) is -1.47. The van der Waals surface area contributed by atoms with Gasteiger partial charge in [-0.3, -0.25) is 9.59 Å². The fraction of sp³-hybridized carbons (Fsp3) is 0.467. The molecule has 3 N–H and O–H groups in total. The van der Waals surface area contributed by atoms with Gasteiger partial charge < -0.3 is 20.3 Å². The van der Waals surface area contributed by atoms with E-state index in [0.29, 0.717) is 25.7 Å². The van der Waals surface area contributed by atoms with Gasteiger partial charge >= 0.3 is 5.97 Å². The molecule has 1 aliphatic rings. The fourth-order valence-electron chi connectivity index (χ4n) is 2.62. The molecule has 0 spiro atoms. The zero-order valence-electron chi connectivity index (χ0n) is 11.8. The number of methoxy groups -OCH3 is 1. The summed E-state index contributed by atoms with van der Waals surface area (Å²) < 4.78 is 4.72. The largest absolute Gasteiger partial charge is 0.504 e. The summed E-state index contributed by atoms with van der Waals surface area (Å²) in [5, 5.41) is 21.9. The van der Waals surface area contributed by atoms with E-state index in [0.717, 1.165) is 0 Å². The topological polar surface area (TPSA) is 95.9 Å². The van der Waals surface area contributed by atoms with Crippen LogP contribution < -0.4 is 5.32 Å². The maximum Gasteiger partial charge on any atom is 0.308 e. The van der Waals surface area contributed by atoms with Crippen molar-refractivity contribution < 1.29 is 24.5 Å². The normalized spacial score (nSPS) is 21.6. The van der Waals surface area contributed by atoms with Crippen LogP contribution >= 0.6 is 0 Å². The molecule has 0 unspecified atom stereocenters. The number of aromatic hydroxyl groups is 2. The summed E-state index contributed by atoms with van der Waals surface area (Å²) in [4.78, 5) is 23.5. The van der Waals surface area contributed by atoms with E-state index < -0.39 is 11.7 Å². The van der Waals surface area contributed by atoms with Crippen molar-refractivity contribution in [1.82, 2.24) is 5.32 Å². The van der Waals surface area contributed by atoms with E-state index in [9.17, 15) is 19.8 Å². The van der Waals surface area contributed by atoms with E-state index in [2.05, 4.69) is 5.32 Å². The number of carbonyl (C=O) groups is 2. The van der Waals surface area contributed by atoms with Crippen LogP contribution in [0.15, 0.2) is 18.2 Å². The number of nitrogens with one attached hydrogen (secondary N) is 1. The molecule has 1 amide bonds. The average Bonchev–Trinajstić information content (AvgIpc) is 2.50. The molecule has 21 heavy (non-hydrogen) atoms. The van der Waals surface area contributed by atoms with Crippen molar-refractivity contribution in [2.24, 2.45) is 5.92 Å². The highest BCUT2D eigenvalue weighted by Gasteiger charge is 2.28. The molecule has 0 heterocycles. The Labute approximate surface area is 122 Å². The highest BCUT2D eigenvalue weighted by molar-refractivity contribution is 5.97. The lowest BCUT2D eigenvalue weighted by Crippen LogP contribution is -2.38. The predicted molar refractivity (Wildman–Crippen MR) is 75.0 cm³/mol. The first-order valence-corrected chi connectivity index (χ1v) is 6.92. The van der Waals surface area contributed by atoms with Gasteiger partial charge in [-0.25, -0.2) is 0 Å². The van der Waals surface area contributed by atoms with E-state index >= 15 is 0 Å². The van der Waals surface area contributed by atoms with Crippen molar-refractivity contribution in [2.45, 2.75) is 31.7 Å². The predicted octanol–water partition coefficient (Wildman–Crippen LogP) is 1.56. The smallest absolute Gasteiger partial charge is 0.308 e. The highest BCUT2D eigenvalue weighted by atomic mass is 16.5. The van der Waals surface area contributed by atoms with Gasteiger partial charge in [-0.1, -0.05) is 6.07 Å². The number of ether oxygens (including phenoxy) is 1. The van der Waals surface area contributed by atoms with Crippen molar-refractivity contribution in [2.75, 3.05) is 7.11 Å². The van der Waals surface area contributed by atoms with Gasteiger partial charge in [0.1, 0.15) is 0 Å². The zero-order valence-corrected chi connectivity index (χ0v) is 11.8. The highest BCUT2D eigenvalue weighted by Crippen LogP contribution is 2.29. The van der Waals surface area contributed by atoms with Crippen LogP contribution in [0.1, 0.15) is 36.0 Å². The van der Waals surface area contributed by atoms with Gasteiger partial charge in [0.25, 0.3) is 5.91 Å². The number of hydrogen-bond donors (Lipinski definition) is 3. The molecule has 6 nitrogen and oxygen atoms in total. The Morgan fingerprint density at radius 1 is 1.19 bits per heavy atom. The fourth-order valence-corrected chi connectivity index (χ4v) is 2.62. The van der Waals surface area contributed by atoms with Gasteiger partial charge in [0, 0.05) is 6.04 Å². The molecule has 1 aliphatic carbocycles. The lowest BCUT2D eigenvalue weighted by atomic mass is 9.86. The van der Waals surface area contributed by atoms with Gasteiger partial charge in [0.2, 0.25) is 0 Å². The summed E-state index contributed by atoms with van der Waals surface area (Å²) in [7, 11) is 1.38. The van der Waals surface area contributed by atoms with Crippen LogP contribution in [0.3, 0.4) is 0 Å². The lowest BCUT2D eigenvalue weighted by Gasteiger charge is -2.27. The SMILES string of the molecule is COC(=O)C1CCC(NC(=O)c2cccc(O)c2O)CC1. The quantitative estimate of drug-likeness (QED) is 0.580. The van der Waals surface area contributed by atoms with E-state index in [1.165, 1.54) is 25.3 Å². The van der Waals surface area contributed by atoms with Crippen LogP contribution in [0.2, 0.25) is 0 Å². The number of para-hydroxylation sites is 1. The van der Waals surface area contributed by atoms with Crippen LogP contribution in [-0.2, 0) is 9.53 Å². The first-order valence-electron chi connectivity index (χ1n) is 6.92. The maximum atomic E-state index is 12.1. The number of esters is 1. The molecular formula is C15H19NO5. The number of amides is 1. The second-order valence-corrected chi connectivity index (χ2v) is 5.22. The summed E-state index contributed by atoms with van der Waals surface area (Å²) in [5.41, 5.74) is 0.0464. The van der Waals surface area contributed by atoms with Crippen molar-refractivity contribution in [3.8, 4) is 11.5 Å². The minimum absolute atomic E-state index is 0.0415. The van der Waals surface area contributed by atoms with Crippen molar-refractivity contribution in [3.63, 3.8) is 0 Å². The van der Waals surface area contributed by atoms with Crippen LogP contribution in [0.5, 0.6) is 11.5 Å². The Hall–Kier alpha value is -2.24. The second kappa shape index (κ2) is 6.47. The molecule has 2 rings (SSSR count). The third-order valence-corrected chi connectivity index (χ3v) is 3.86. The molecule has 1 aromatic carbocycles. The number of phenols is 2. The Morgan fingerprint density at radius 3 is 2.48 bits per heavy atom. The van der Waals surface area contributed by atoms with Crippen molar-refractivity contribution >= 4 is 11.9 Å². The molecule has 1 saturated carbocycles. The van der Waals surface area contributed by atoms with Crippen LogP contribution in [0.4, 0.5) is 0 Å². The Morgan fingerprint density at radius 2 is 1.86 bits per heavy atom. The Balaban J connectivity index is 1.93. The summed E-state index contributed by atoms with van der Waals surface area (Å²) in [6, 6.07) is 4.22. The molecule has 0 radical (unpaired) electrons. The van der Waals surface area contributed by atoms with Gasteiger partial charge in [0.15, 0.2) is 11.5 Å². The van der Waals surface area contributed by atoms with Crippen LogP contribution in [0, 0.1) is 5.92 Å². The summed E-state index contributed by atoms with van der Waals surface area (Å²) in [6.07, 6.45) is 2.71. The molecule has 6 heteroatoms.